The van der Waals surface area contributed by atoms with E-state index in [4.69, 9.17) is 5.11 Å². The molecule has 4 N–H and O–H groups in total. The van der Waals surface area contributed by atoms with Crippen LogP contribution in [0.1, 0.15) is 53.9 Å². The van der Waals surface area contributed by atoms with Gasteiger partial charge in [-0.15, -0.1) is 11.3 Å². The summed E-state index contributed by atoms with van der Waals surface area (Å²) in [5, 5.41) is 36.2. The molecule has 0 bridgehead atoms. The number of aryl methyl sites for hydroxylation is 2. The Bertz CT molecular complexity index is 1020. The maximum Gasteiger partial charge on any atom is 0.305 e. The SMILES string of the molecule is Cc1cc(F)ccc1C1c2c(C)csc2NC(C2CC2)C1/C=C/[C@@H](O)C[C@@H](O)CC(=O)O. The molecule has 1 fully saturated rings. The van der Waals surface area contributed by atoms with E-state index in [-0.39, 0.29) is 30.1 Å². The number of halogens is 1. The number of aliphatic hydroxyl groups excluding tert-OH is 2. The lowest BCUT2D eigenvalue weighted by Crippen LogP contribution is -2.39. The van der Waals surface area contributed by atoms with E-state index in [1.54, 1.807) is 23.5 Å². The minimum atomic E-state index is -1.10. The second-order valence-corrected chi connectivity index (χ2v) is 10.0. The van der Waals surface area contributed by atoms with Crippen molar-refractivity contribution in [2.24, 2.45) is 11.8 Å². The van der Waals surface area contributed by atoms with Gasteiger partial charge in [0.15, 0.2) is 0 Å². The fraction of sp³-hybridized carbons (Fsp3) is 0.480. The first-order valence-corrected chi connectivity index (χ1v) is 12.0. The van der Waals surface area contributed by atoms with Gasteiger partial charge in [0.2, 0.25) is 0 Å². The molecule has 2 aliphatic rings. The lowest BCUT2D eigenvalue weighted by molar-refractivity contribution is -0.139. The van der Waals surface area contributed by atoms with Gasteiger partial charge < -0.3 is 20.6 Å². The minimum absolute atomic E-state index is 0.0242. The van der Waals surface area contributed by atoms with Crippen molar-refractivity contribution in [3.63, 3.8) is 0 Å². The first-order chi connectivity index (χ1) is 15.2. The van der Waals surface area contributed by atoms with Crippen LogP contribution in [0.2, 0.25) is 0 Å². The fourth-order valence-electron chi connectivity index (χ4n) is 4.97. The van der Waals surface area contributed by atoms with Crippen molar-refractivity contribution < 1.29 is 24.5 Å². The Labute approximate surface area is 191 Å². The first-order valence-electron chi connectivity index (χ1n) is 11.1. The predicted octanol–water partition coefficient (Wildman–Crippen LogP) is 4.60. The molecule has 1 aliphatic carbocycles. The number of hydrogen-bond donors (Lipinski definition) is 4. The maximum atomic E-state index is 13.9. The molecule has 0 spiro atoms. The van der Waals surface area contributed by atoms with Crippen LogP contribution in [-0.4, -0.2) is 39.5 Å². The highest BCUT2D eigenvalue weighted by atomic mass is 32.1. The normalized spacial score (nSPS) is 24.7. The van der Waals surface area contributed by atoms with Gasteiger partial charge in [0.1, 0.15) is 5.82 Å². The third-order valence-electron chi connectivity index (χ3n) is 6.61. The molecular formula is C25H30FNO4S. The smallest absolute Gasteiger partial charge is 0.305 e. The lowest BCUT2D eigenvalue weighted by atomic mass is 9.71. The number of aliphatic hydroxyl groups is 2. The molecule has 2 heterocycles. The van der Waals surface area contributed by atoms with E-state index in [9.17, 15) is 19.4 Å². The quantitative estimate of drug-likeness (QED) is 0.433. The number of hydrogen-bond acceptors (Lipinski definition) is 5. The van der Waals surface area contributed by atoms with Crippen molar-refractivity contribution in [1.82, 2.24) is 0 Å². The predicted molar refractivity (Wildman–Crippen MR) is 124 cm³/mol. The van der Waals surface area contributed by atoms with E-state index in [1.807, 2.05) is 19.1 Å². The van der Waals surface area contributed by atoms with Crippen LogP contribution in [0, 0.1) is 31.5 Å². The molecule has 0 saturated heterocycles. The van der Waals surface area contributed by atoms with Gasteiger partial charge >= 0.3 is 5.97 Å². The highest BCUT2D eigenvalue weighted by molar-refractivity contribution is 7.14. The topological polar surface area (TPSA) is 89.8 Å². The summed E-state index contributed by atoms with van der Waals surface area (Å²) in [6.45, 7) is 4.03. The zero-order valence-corrected chi connectivity index (χ0v) is 19.1. The van der Waals surface area contributed by atoms with Gasteiger partial charge in [0.25, 0.3) is 0 Å². The molecule has 1 aromatic carbocycles. The number of carboxylic acids is 1. The molecule has 1 aliphatic heterocycles. The number of nitrogens with one attached hydrogen (secondary N) is 1. The number of rotatable bonds is 8. The number of benzene rings is 1. The molecule has 172 valence electrons. The molecule has 2 aromatic rings. The van der Waals surface area contributed by atoms with Gasteiger partial charge in [-0.05, 0) is 72.4 Å². The molecule has 1 saturated carbocycles. The molecule has 0 amide bonds. The number of aliphatic carboxylic acids is 1. The average molecular weight is 460 g/mol. The summed E-state index contributed by atoms with van der Waals surface area (Å²) in [7, 11) is 0. The highest BCUT2D eigenvalue weighted by Gasteiger charge is 2.45. The number of carbonyl (C=O) groups is 1. The van der Waals surface area contributed by atoms with Crippen LogP contribution in [0.4, 0.5) is 9.39 Å². The summed E-state index contributed by atoms with van der Waals surface area (Å²) >= 11 is 1.70. The molecule has 0 radical (unpaired) electrons. The Morgan fingerprint density at radius 1 is 1.28 bits per heavy atom. The standard InChI is InChI=1S/C25H30FNO4S/c1-13-9-16(26)5-7-19(13)23-20(8-6-17(28)10-18(29)11-21(30)31)24(15-3-4-15)27-25-22(23)14(2)12-32-25/h5-9,12,15,17-18,20,23-24,27-29H,3-4,10-11H2,1-2H3,(H,30,31)/b8-6+/t17-,18-,20?,23?,24?/m1/s1. The zero-order chi connectivity index (χ0) is 23.0. The van der Waals surface area contributed by atoms with Crippen molar-refractivity contribution in [2.75, 3.05) is 5.32 Å². The Kier molecular flexibility index (Phi) is 6.70. The molecular weight excluding hydrogens is 429 g/mol. The van der Waals surface area contributed by atoms with Crippen LogP contribution in [0.15, 0.2) is 35.7 Å². The molecule has 4 rings (SSSR count). The van der Waals surface area contributed by atoms with E-state index >= 15 is 0 Å². The third-order valence-corrected chi connectivity index (χ3v) is 7.65. The number of thiophene rings is 1. The Morgan fingerprint density at radius 3 is 2.69 bits per heavy atom. The first kappa shape index (κ1) is 23.0. The highest BCUT2D eigenvalue weighted by Crippen LogP contribution is 2.52. The summed E-state index contributed by atoms with van der Waals surface area (Å²) in [5.74, 6) is -0.740. The van der Waals surface area contributed by atoms with Crippen LogP contribution in [0.25, 0.3) is 0 Å². The summed E-state index contributed by atoms with van der Waals surface area (Å²) in [4.78, 5) is 10.8. The van der Waals surface area contributed by atoms with Crippen LogP contribution in [0.5, 0.6) is 0 Å². The van der Waals surface area contributed by atoms with Crippen molar-refractivity contribution in [1.29, 1.82) is 0 Å². The summed E-state index contributed by atoms with van der Waals surface area (Å²) in [6, 6.07) is 5.15. The fourth-order valence-corrected chi connectivity index (χ4v) is 6.01. The maximum absolute atomic E-state index is 13.9. The Balaban J connectivity index is 1.69. The van der Waals surface area contributed by atoms with Crippen LogP contribution in [0.3, 0.4) is 0 Å². The van der Waals surface area contributed by atoms with E-state index in [1.165, 1.54) is 17.2 Å². The van der Waals surface area contributed by atoms with Crippen LogP contribution >= 0.6 is 11.3 Å². The zero-order valence-electron chi connectivity index (χ0n) is 18.3. The van der Waals surface area contributed by atoms with Crippen LogP contribution in [-0.2, 0) is 4.79 Å². The van der Waals surface area contributed by atoms with E-state index in [0.717, 1.165) is 29.0 Å². The monoisotopic (exact) mass is 459 g/mol. The van der Waals surface area contributed by atoms with Gasteiger partial charge in [0, 0.05) is 24.3 Å². The average Bonchev–Trinajstić information content (AvgIpc) is 3.48. The second kappa shape index (κ2) is 9.33. The number of carboxylic acid groups (broad SMARTS) is 1. The summed E-state index contributed by atoms with van der Waals surface area (Å²) < 4.78 is 13.9. The Hall–Kier alpha value is -2.22. The van der Waals surface area contributed by atoms with Crippen molar-refractivity contribution in [3.8, 4) is 0 Å². The number of anilines is 1. The molecule has 1 aromatic heterocycles. The largest absolute Gasteiger partial charge is 0.481 e. The van der Waals surface area contributed by atoms with Crippen molar-refractivity contribution in [2.45, 2.75) is 63.7 Å². The number of fused-ring (bicyclic) bond motifs is 1. The molecule has 5 nitrogen and oxygen atoms in total. The Morgan fingerprint density at radius 2 is 2.03 bits per heavy atom. The lowest BCUT2D eigenvalue weighted by Gasteiger charge is -2.40. The summed E-state index contributed by atoms with van der Waals surface area (Å²) in [6.07, 6.45) is 3.54. The van der Waals surface area contributed by atoms with E-state index in [0.29, 0.717) is 5.92 Å². The molecule has 3 unspecified atom stereocenters. The minimum Gasteiger partial charge on any atom is -0.481 e. The van der Waals surface area contributed by atoms with Crippen LogP contribution < -0.4 is 5.32 Å². The van der Waals surface area contributed by atoms with Crippen molar-refractivity contribution >= 4 is 22.3 Å². The van der Waals surface area contributed by atoms with Gasteiger partial charge in [-0.2, -0.15) is 0 Å². The molecule has 5 atom stereocenters. The summed E-state index contributed by atoms with van der Waals surface area (Å²) in [5.41, 5.74) is 4.39. The van der Waals surface area contributed by atoms with Crippen molar-refractivity contribution in [3.05, 3.63) is 63.8 Å². The molecule has 32 heavy (non-hydrogen) atoms. The van der Waals surface area contributed by atoms with Gasteiger partial charge in [-0.3, -0.25) is 4.79 Å². The van der Waals surface area contributed by atoms with Gasteiger partial charge in [-0.1, -0.05) is 18.2 Å². The second-order valence-electron chi connectivity index (χ2n) is 9.16. The third kappa shape index (κ3) is 4.90. The van der Waals surface area contributed by atoms with Gasteiger partial charge in [-0.25, -0.2) is 4.39 Å². The van der Waals surface area contributed by atoms with E-state index < -0.39 is 24.6 Å². The van der Waals surface area contributed by atoms with E-state index in [2.05, 4.69) is 17.6 Å². The molecule has 7 heteroatoms. The van der Waals surface area contributed by atoms with Gasteiger partial charge in [0.05, 0.1) is 23.6 Å².